The van der Waals surface area contributed by atoms with Crippen molar-refractivity contribution in [2.75, 3.05) is 0 Å². The minimum atomic E-state index is -0.902. The van der Waals surface area contributed by atoms with Gasteiger partial charge in [0.2, 0.25) is 5.91 Å². The van der Waals surface area contributed by atoms with E-state index in [1.165, 1.54) is 12.1 Å². The summed E-state index contributed by atoms with van der Waals surface area (Å²) in [6.07, 6.45) is 0. The van der Waals surface area contributed by atoms with Gasteiger partial charge in [0.25, 0.3) is 0 Å². The minimum Gasteiger partial charge on any atom is -0.368 e. The van der Waals surface area contributed by atoms with Crippen LogP contribution in [0.1, 0.15) is 32.4 Å². The van der Waals surface area contributed by atoms with Gasteiger partial charge in [-0.1, -0.05) is 26.0 Å². The molecule has 1 aromatic carbocycles. The summed E-state index contributed by atoms with van der Waals surface area (Å²) in [6.45, 7) is 5.32. The first-order valence-electron chi connectivity index (χ1n) is 5.83. The molecule has 1 amide bonds. The smallest absolute Gasteiger partial charge is 0.234 e. The monoisotopic (exact) mass is 256 g/mol. The van der Waals surface area contributed by atoms with E-state index < -0.39 is 29.6 Å². The van der Waals surface area contributed by atoms with Gasteiger partial charge in [-0.05, 0) is 18.9 Å². The van der Waals surface area contributed by atoms with Gasteiger partial charge in [0, 0.05) is 11.6 Å². The lowest BCUT2D eigenvalue weighted by molar-refractivity contribution is -0.121. The Morgan fingerprint density at radius 2 is 1.89 bits per heavy atom. The van der Waals surface area contributed by atoms with E-state index in [2.05, 4.69) is 5.32 Å². The van der Waals surface area contributed by atoms with E-state index >= 15 is 0 Å². The SMILES string of the molecule is CC(NC(C(N)=O)C(C)C)c1cccc(F)c1F. The van der Waals surface area contributed by atoms with Gasteiger partial charge in [-0.25, -0.2) is 8.78 Å². The summed E-state index contributed by atoms with van der Waals surface area (Å²) in [5.74, 6) is -2.33. The number of halogens is 2. The molecule has 18 heavy (non-hydrogen) atoms. The lowest BCUT2D eigenvalue weighted by Gasteiger charge is -2.24. The van der Waals surface area contributed by atoms with Crippen molar-refractivity contribution < 1.29 is 13.6 Å². The maximum atomic E-state index is 13.6. The molecule has 1 aromatic rings. The van der Waals surface area contributed by atoms with Crippen LogP contribution in [0, 0.1) is 17.6 Å². The van der Waals surface area contributed by atoms with Crippen molar-refractivity contribution in [2.24, 2.45) is 11.7 Å². The molecule has 5 heteroatoms. The van der Waals surface area contributed by atoms with Gasteiger partial charge in [-0.15, -0.1) is 0 Å². The van der Waals surface area contributed by atoms with E-state index in [4.69, 9.17) is 5.73 Å². The highest BCUT2D eigenvalue weighted by molar-refractivity contribution is 5.80. The Balaban J connectivity index is 2.90. The highest BCUT2D eigenvalue weighted by atomic mass is 19.2. The largest absolute Gasteiger partial charge is 0.368 e. The van der Waals surface area contributed by atoms with Crippen molar-refractivity contribution in [3.05, 3.63) is 35.4 Å². The Kier molecular flexibility index (Phi) is 4.78. The van der Waals surface area contributed by atoms with Crippen molar-refractivity contribution in [1.29, 1.82) is 0 Å². The van der Waals surface area contributed by atoms with Crippen LogP contribution in [0.4, 0.5) is 8.78 Å². The van der Waals surface area contributed by atoms with Gasteiger partial charge in [0.1, 0.15) is 0 Å². The molecule has 1 rings (SSSR count). The van der Waals surface area contributed by atoms with E-state index in [1.54, 1.807) is 6.92 Å². The Morgan fingerprint density at radius 1 is 1.28 bits per heavy atom. The number of amides is 1. The van der Waals surface area contributed by atoms with Gasteiger partial charge in [0.15, 0.2) is 11.6 Å². The van der Waals surface area contributed by atoms with Crippen molar-refractivity contribution >= 4 is 5.91 Å². The molecular formula is C13H18F2N2O. The molecule has 0 bridgehead atoms. The zero-order chi connectivity index (χ0) is 13.9. The number of nitrogens with one attached hydrogen (secondary N) is 1. The van der Waals surface area contributed by atoms with Crippen LogP contribution in [0.15, 0.2) is 18.2 Å². The summed E-state index contributed by atoms with van der Waals surface area (Å²) in [5, 5.41) is 2.92. The van der Waals surface area contributed by atoms with Crippen molar-refractivity contribution in [3.63, 3.8) is 0 Å². The zero-order valence-electron chi connectivity index (χ0n) is 10.7. The van der Waals surface area contributed by atoms with Gasteiger partial charge in [-0.2, -0.15) is 0 Å². The van der Waals surface area contributed by atoms with E-state index in [9.17, 15) is 13.6 Å². The van der Waals surface area contributed by atoms with Crippen molar-refractivity contribution in [1.82, 2.24) is 5.32 Å². The first kappa shape index (κ1) is 14.6. The number of carbonyl (C=O) groups is 1. The fourth-order valence-corrected chi connectivity index (χ4v) is 1.82. The van der Waals surface area contributed by atoms with Crippen molar-refractivity contribution in [3.8, 4) is 0 Å². The molecule has 0 aliphatic rings. The first-order valence-corrected chi connectivity index (χ1v) is 5.83. The number of carbonyl (C=O) groups excluding carboxylic acids is 1. The summed E-state index contributed by atoms with van der Waals surface area (Å²) in [7, 11) is 0. The van der Waals surface area contributed by atoms with Gasteiger partial charge in [0.05, 0.1) is 6.04 Å². The van der Waals surface area contributed by atoms with E-state index in [0.717, 1.165) is 6.07 Å². The predicted molar refractivity (Wildman–Crippen MR) is 65.7 cm³/mol. The predicted octanol–water partition coefficient (Wildman–Crippen LogP) is 2.13. The maximum absolute atomic E-state index is 13.6. The highest BCUT2D eigenvalue weighted by Crippen LogP contribution is 2.20. The number of hydrogen-bond donors (Lipinski definition) is 2. The zero-order valence-corrected chi connectivity index (χ0v) is 10.7. The first-order chi connectivity index (χ1) is 8.34. The second-order valence-corrected chi connectivity index (χ2v) is 4.66. The second kappa shape index (κ2) is 5.91. The second-order valence-electron chi connectivity index (χ2n) is 4.66. The summed E-state index contributed by atoms with van der Waals surface area (Å²) in [6, 6.07) is 2.89. The van der Waals surface area contributed by atoms with Crippen LogP contribution in [0.2, 0.25) is 0 Å². The fraction of sp³-hybridized carbons (Fsp3) is 0.462. The average Bonchev–Trinajstić information content (AvgIpc) is 2.28. The van der Waals surface area contributed by atoms with Crippen LogP contribution in [0.25, 0.3) is 0 Å². The number of primary amides is 1. The van der Waals surface area contributed by atoms with E-state index in [1.807, 2.05) is 13.8 Å². The summed E-state index contributed by atoms with van der Waals surface area (Å²) in [4.78, 5) is 11.3. The molecule has 2 atom stereocenters. The lowest BCUT2D eigenvalue weighted by Crippen LogP contribution is -2.46. The minimum absolute atomic E-state index is 0.0263. The third-order valence-corrected chi connectivity index (χ3v) is 2.85. The Bertz CT molecular complexity index is 435. The quantitative estimate of drug-likeness (QED) is 0.848. The fourth-order valence-electron chi connectivity index (χ4n) is 1.82. The van der Waals surface area contributed by atoms with Crippen LogP contribution >= 0.6 is 0 Å². The molecule has 0 fully saturated rings. The summed E-state index contributed by atoms with van der Waals surface area (Å²) < 4.78 is 26.7. The third-order valence-electron chi connectivity index (χ3n) is 2.85. The molecule has 3 N–H and O–H groups in total. The average molecular weight is 256 g/mol. The molecule has 2 unspecified atom stereocenters. The van der Waals surface area contributed by atoms with Crippen LogP contribution in [-0.2, 0) is 4.79 Å². The third kappa shape index (κ3) is 3.26. The van der Waals surface area contributed by atoms with Crippen LogP contribution < -0.4 is 11.1 Å². The lowest BCUT2D eigenvalue weighted by atomic mass is 10.0. The standard InChI is InChI=1S/C13H18F2N2O/c1-7(2)12(13(16)18)17-8(3)9-5-4-6-10(14)11(9)15/h4-8,12,17H,1-3H3,(H2,16,18). The van der Waals surface area contributed by atoms with E-state index in [0.29, 0.717) is 0 Å². The van der Waals surface area contributed by atoms with E-state index in [-0.39, 0.29) is 11.5 Å². The Hall–Kier alpha value is -1.49. The highest BCUT2D eigenvalue weighted by Gasteiger charge is 2.23. The number of nitrogens with two attached hydrogens (primary N) is 1. The maximum Gasteiger partial charge on any atom is 0.234 e. The number of hydrogen-bond acceptors (Lipinski definition) is 2. The Labute approximate surface area is 105 Å². The Morgan fingerprint density at radius 3 is 2.39 bits per heavy atom. The van der Waals surface area contributed by atoms with Crippen molar-refractivity contribution in [2.45, 2.75) is 32.9 Å². The van der Waals surface area contributed by atoms with Gasteiger partial charge >= 0.3 is 0 Å². The number of rotatable bonds is 5. The summed E-state index contributed by atoms with van der Waals surface area (Å²) >= 11 is 0. The molecule has 100 valence electrons. The number of benzene rings is 1. The molecule has 0 saturated carbocycles. The molecule has 0 aromatic heterocycles. The molecular weight excluding hydrogens is 238 g/mol. The molecule has 3 nitrogen and oxygen atoms in total. The summed E-state index contributed by atoms with van der Waals surface area (Å²) in [5.41, 5.74) is 5.45. The van der Waals surface area contributed by atoms with Crippen LogP contribution in [0.5, 0.6) is 0 Å². The van der Waals surface area contributed by atoms with Crippen LogP contribution in [-0.4, -0.2) is 11.9 Å². The van der Waals surface area contributed by atoms with Gasteiger partial charge < -0.3 is 5.73 Å². The molecule has 0 heterocycles. The molecule has 0 spiro atoms. The topological polar surface area (TPSA) is 55.1 Å². The molecule has 0 aliphatic carbocycles. The van der Waals surface area contributed by atoms with Crippen LogP contribution in [0.3, 0.4) is 0 Å². The van der Waals surface area contributed by atoms with Gasteiger partial charge in [-0.3, -0.25) is 10.1 Å². The molecule has 0 radical (unpaired) electrons. The normalized spacial score (nSPS) is 14.6. The molecule has 0 aliphatic heterocycles. The molecule has 0 saturated heterocycles.